The molecule has 7 heteroatoms. The minimum atomic E-state index is -0.283. The first-order valence-electron chi connectivity index (χ1n) is 8.15. The highest BCUT2D eigenvalue weighted by atomic mass is 35.5. The number of halogens is 1. The highest BCUT2D eigenvalue weighted by molar-refractivity contribution is 6.32. The number of carbonyl (C=O) groups is 3. The summed E-state index contributed by atoms with van der Waals surface area (Å²) in [5.74, 6) is -0.625. The number of hydrogen-bond acceptors (Lipinski definition) is 4. The fraction of sp³-hybridized carbons (Fsp3) is 0.389. The Morgan fingerprint density at radius 2 is 1.88 bits per heavy atom. The van der Waals surface area contributed by atoms with Gasteiger partial charge in [-0.2, -0.15) is 0 Å². The summed E-state index contributed by atoms with van der Waals surface area (Å²) in [4.78, 5) is 38.0. The van der Waals surface area contributed by atoms with Crippen LogP contribution in [0.3, 0.4) is 0 Å². The number of ether oxygens (including phenoxy) is 1. The summed E-state index contributed by atoms with van der Waals surface area (Å²) >= 11 is 6.02. The van der Waals surface area contributed by atoms with Crippen LogP contribution in [0.4, 0.5) is 5.69 Å². The maximum absolute atomic E-state index is 12.3. The molecule has 1 N–H and O–H groups in total. The molecule has 1 aromatic carbocycles. The molecule has 0 aromatic heterocycles. The summed E-state index contributed by atoms with van der Waals surface area (Å²) in [5, 5.41) is 3.10. The molecule has 1 aliphatic heterocycles. The highest BCUT2D eigenvalue weighted by Crippen LogP contribution is 2.35. The third-order valence-corrected chi connectivity index (χ3v) is 4.89. The van der Waals surface area contributed by atoms with Gasteiger partial charge >= 0.3 is 0 Å². The van der Waals surface area contributed by atoms with Crippen molar-refractivity contribution in [1.82, 2.24) is 4.90 Å². The summed E-state index contributed by atoms with van der Waals surface area (Å²) in [6, 6.07) is 4.92. The number of nitrogens with one attached hydrogen (secondary N) is 1. The Morgan fingerprint density at radius 3 is 2.44 bits per heavy atom. The zero-order valence-corrected chi connectivity index (χ0v) is 14.6. The summed E-state index contributed by atoms with van der Waals surface area (Å²) in [7, 11) is 1.51. The number of rotatable bonds is 5. The Kier molecular flexibility index (Phi) is 5.08. The minimum Gasteiger partial charge on any atom is -0.495 e. The van der Waals surface area contributed by atoms with Crippen LogP contribution >= 0.6 is 11.6 Å². The third-order valence-electron chi connectivity index (χ3n) is 4.60. The van der Waals surface area contributed by atoms with Gasteiger partial charge in [-0.3, -0.25) is 19.3 Å². The molecule has 6 nitrogen and oxygen atoms in total. The van der Waals surface area contributed by atoms with Crippen LogP contribution in [0.25, 0.3) is 0 Å². The monoisotopic (exact) mass is 362 g/mol. The molecule has 0 bridgehead atoms. The van der Waals surface area contributed by atoms with E-state index in [0.29, 0.717) is 29.3 Å². The van der Waals surface area contributed by atoms with Crippen molar-refractivity contribution in [3.63, 3.8) is 0 Å². The van der Waals surface area contributed by atoms with E-state index < -0.39 is 0 Å². The topological polar surface area (TPSA) is 75.7 Å². The lowest BCUT2D eigenvalue weighted by Crippen LogP contribution is -2.34. The van der Waals surface area contributed by atoms with Gasteiger partial charge in [-0.05, 0) is 31.0 Å². The number of benzene rings is 1. The Bertz CT molecular complexity index is 721. The predicted molar refractivity (Wildman–Crippen MR) is 93.3 cm³/mol. The maximum atomic E-state index is 12.3. The van der Waals surface area contributed by atoms with E-state index in [1.807, 2.05) is 12.2 Å². The molecule has 0 unspecified atom stereocenters. The molecule has 0 spiro atoms. The predicted octanol–water partition coefficient (Wildman–Crippen LogP) is 2.63. The van der Waals surface area contributed by atoms with Gasteiger partial charge in [-0.15, -0.1) is 0 Å². The highest BCUT2D eigenvalue weighted by Gasteiger charge is 2.46. The lowest BCUT2D eigenvalue weighted by Gasteiger charge is -2.14. The summed E-state index contributed by atoms with van der Waals surface area (Å²) in [5.41, 5.74) is 0.535. The third kappa shape index (κ3) is 3.54. The summed E-state index contributed by atoms with van der Waals surface area (Å²) < 4.78 is 5.06. The van der Waals surface area contributed by atoms with Crippen LogP contribution in [0.15, 0.2) is 30.4 Å². The van der Waals surface area contributed by atoms with Crippen molar-refractivity contribution in [3.8, 4) is 5.75 Å². The maximum Gasteiger partial charge on any atom is 0.233 e. The Labute approximate surface area is 150 Å². The standard InChI is InChI=1S/C18H19ClN2O4/c1-25-15-7-6-11(10-14(15)19)20-16(22)8-9-21-17(23)12-4-2-3-5-13(12)18(21)24/h2-3,6-7,10,12-13H,4-5,8-9H2,1H3,(H,20,22)/t12-,13-/m0/s1. The number of anilines is 1. The van der Waals surface area contributed by atoms with Gasteiger partial charge in [-0.1, -0.05) is 23.8 Å². The van der Waals surface area contributed by atoms with E-state index in [9.17, 15) is 14.4 Å². The number of methoxy groups -OCH3 is 1. The van der Waals surface area contributed by atoms with Gasteiger partial charge in [0, 0.05) is 18.7 Å². The van der Waals surface area contributed by atoms with Crippen LogP contribution in [0.1, 0.15) is 19.3 Å². The molecule has 2 atom stereocenters. The largest absolute Gasteiger partial charge is 0.495 e. The van der Waals surface area contributed by atoms with Crippen molar-refractivity contribution in [2.75, 3.05) is 19.0 Å². The quantitative estimate of drug-likeness (QED) is 0.645. The van der Waals surface area contributed by atoms with E-state index in [1.165, 1.54) is 12.0 Å². The van der Waals surface area contributed by atoms with Gasteiger partial charge in [0.05, 0.1) is 24.0 Å². The van der Waals surface area contributed by atoms with E-state index in [4.69, 9.17) is 16.3 Å². The second-order valence-corrected chi connectivity index (χ2v) is 6.54. The zero-order valence-electron chi connectivity index (χ0n) is 13.8. The Balaban J connectivity index is 1.56. The molecule has 3 rings (SSSR count). The van der Waals surface area contributed by atoms with E-state index in [0.717, 1.165) is 0 Å². The average Bonchev–Trinajstić information content (AvgIpc) is 2.85. The lowest BCUT2D eigenvalue weighted by atomic mass is 9.85. The SMILES string of the molecule is COc1ccc(NC(=O)CCN2C(=O)[C@H]3CC=CC[C@@H]3C2=O)cc1Cl. The fourth-order valence-electron chi connectivity index (χ4n) is 3.27. The number of carbonyl (C=O) groups excluding carboxylic acids is 3. The smallest absolute Gasteiger partial charge is 0.233 e. The Morgan fingerprint density at radius 1 is 1.24 bits per heavy atom. The second-order valence-electron chi connectivity index (χ2n) is 6.13. The van der Waals surface area contributed by atoms with Crippen molar-refractivity contribution in [2.24, 2.45) is 11.8 Å². The van der Waals surface area contributed by atoms with Gasteiger partial charge in [-0.25, -0.2) is 0 Å². The van der Waals surface area contributed by atoms with Crippen LogP contribution in [-0.2, 0) is 14.4 Å². The molecule has 132 valence electrons. The molecule has 1 heterocycles. The molecular weight excluding hydrogens is 344 g/mol. The molecule has 25 heavy (non-hydrogen) atoms. The average molecular weight is 363 g/mol. The first-order valence-corrected chi connectivity index (χ1v) is 8.52. The summed E-state index contributed by atoms with van der Waals surface area (Å²) in [6.45, 7) is 0.0976. The van der Waals surface area contributed by atoms with Crippen LogP contribution in [-0.4, -0.2) is 36.3 Å². The van der Waals surface area contributed by atoms with Gasteiger partial charge in [0.25, 0.3) is 0 Å². The molecule has 0 saturated carbocycles. The molecule has 0 radical (unpaired) electrons. The van der Waals surface area contributed by atoms with Gasteiger partial charge in [0.2, 0.25) is 17.7 Å². The minimum absolute atomic E-state index is 0.0496. The van der Waals surface area contributed by atoms with Crippen LogP contribution in [0.5, 0.6) is 5.75 Å². The van der Waals surface area contributed by atoms with Crippen LogP contribution in [0.2, 0.25) is 5.02 Å². The number of hydrogen-bond donors (Lipinski definition) is 1. The number of likely N-dealkylation sites (tertiary alicyclic amines) is 1. The molecule has 1 aromatic rings. The van der Waals surface area contributed by atoms with E-state index in [1.54, 1.807) is 18.2 Å². The van der Waals surface area contributed by atoms with E-state index in [2.05, 4.69) is 5.32 Å². The molecule has 3 amide bonds. The van der Waals surface area contributed by atoms with E-state index >= 15 is 0 Å². The lowest BCUT2D eigenvalue weighted by molar-refractivity contribution is -0.140. The zero-order chi connectivity index (χ0) is 18.0. The molecule has 1 saturated heterocycles. The first-order chi connectivity index (χ1) is 12.0. The summed E-state index contributed by atoms with van der Waals surface area (Å²) in [6.07, 6.45) is 5.13. The molecule has 1 aliphatic carbocycles. The number of amides is 3. The van der Waals surface area contributed by atoms with Gasteiger partial charge < -0.3 is 10.1 Å². The van der Waals surface area contributed by atoms with E-state index in [-0.39, 0.29) is 42.5 Å². The number of fused-ring (bicyclic) bond motifs is 1. The first kappa shape index (κ1) is 17.5. The van der Waals surface area contributed by atoms with Gasteiger partial charge in [0.15, 0.2) is 0 Å². The van der Waals surface area contributed by atoms with Crippen molar-refractivity contribution >= 4 is 35.0 Å². The fourth-order valence-corrected chi connectivity index (χ4v) is 3.53. The molecular formula is C18H19ClN2O4. The van der Waals surface area contributed by atoms with Crippen molar-refractivity contribution in [1.29, 1.82) is 0 Å². The Hall–Kier alpha value is -2.34. The molecule has 2 aliphatic rings. The van der Waals surface area contributed by atoms with Gasteiger partial charge in [0.1, 0.15) is 5.75 Å². The number of nitrogens with zero attached hydrogens (tertiary/aromatic N) is 1. The van der Waals surface area contributed by atoms with Crippen molar-refractivity contribution in [3.05, 3.63) is 35.4 Å². The van der Waals surface area contributed by atoms with Crippen LogP contribution in [0, 0.1) is 11.8 Å². The van der Waals surface area contributed by atoms with Crippen molar-refractivity contribution < 1.29 is 19.1 Å². The normalized spacial score (nSPS) is 22.1. The second kappa shape index (κ2) is 7.27. The van der Waals surface area contributed by atoms with Crippen molar-refractivity contribution in [2.45, 2.75) is 19.3 Å². The van der Waals surface area contributed by atoms with Crippen LogP contribution < -0.4 is 10.1 Å². The number of allylic oxidation sites excluding steroid dienone is 2. The number of imide groups is 1. The molecule has 1 fully saturated rings.